The summed E-state index contributed by atoms with van der Waals surface area (Å²) < 4.78 is 0. The van der Waals surface area contributed by atoms with E-state index in [4.69, 9.17) is 0 Å². The van der Waals surface area contributed by atoms with Crippen LogP contribution in [-0.4, -0.2) is 17.7 Å². The van der Waals surface area contributed by atoms with Crippen LogP contribution in [0.1, 0.15) is 64.7 Å². The lowest BCUT2D eigenvalue weighted by Crippen LogP contribution is -2.34. The van der Waals surface area contributed by atoms with Crippen molar-refractivity contribution >= 4 is 11.7 Å². The zero-order valence-electron chi connectivity index (χ0n) is 14.2. The highest BCUT2D eigenvalue weighted by Gasteiger charge is 2.22. The van der Waals surface area contributed by atoms with Gasteiger partial charge in [-0.05, 0) is 38.2 Å². The Bertz CT molecular complexity index is 502. The molecule has 0 fully saturated rings. The molecule has 3 heteroatoms. The average Bonchev–Trinajstić information content (AvgIpc) is 2.88. The molecule has 1 N–H and O–H groups in total. The first-order valence-electron chi connectivity index (χ1n) is 9.07. The highest BCUT2D eigenvalue weighted by Crippen LogP contribution is 2.26. The molecule has 1 amide bonds. The van der Waals surface area contributed by atoms with Crippen LogP contribution in [0.2, 0.25) is 0 Å². The Hall–Kier alpha value is -1.64. The Morgan fingerprint density at radius 1 is 1.17 bits per heavy atom. The number of nitrogens with one attached hydrogen (secondary N) is 1. The molecule has 2 rings (SSSR count). The molecular weight excluding hydrogens is 286 g/mol. The third-order valence-electron chi connectivity index (χ3n) is 4.64. The fraction of sp³-hybridized carbons (Fsp3) is 0.600. The van der Waals surface area contributed by atoms with Crippen molar-refractivity contribution in [2.45, 2.75) is 70.8 Å². The van der Waals surface area contributed by atoms with E-state index >= 15 is 0 Å². The monoisotopic (exact) mass is 315 g/mol. The van der Waals surface area contributed by atoms with Gasteiger partial charge in [-0.1, -0.05) is 50.5 Å². The van der Waals surface area contributed by atoms with Crippen molar-refractivity contribution in [3.8, 4) is 0 Å². The number of hydrogen-bond acceptors (Lipinski definition) is 2. The number of allylic oxidation sites excluding steroid dienone is 5. The number of ketones is 1. The minimum Gasteiger partial charge on any atom is -0.353 e. The summed E-state index contributed by atoms with van der Waals surface area (Å²) in [6, 6.07) is 0.157. The van der Waals surface area contributed by atoms with Crippen molar-refractivity contribution < 1.29 is 9.59 Å². The van der Waals surface area contributed by atoms with Crippen molar-refractivity contribution in [1.29, 1.82) is 0 Å². The summed E-state index contributed by atoms with van der Waals surface area (Å²) in [7, 11) is 0. The Kier molecular flexibility index (Phi) is 7.31. The van der Waals surface area contributed by atoms with Gasteiger partial charge in [-0.25, -0.2) is 0 Å². The van der Waals surface area contributed by atoms with Crippen LogP contribution in [0, 0.1) is 5.92 Å². The van der Waals surface area contributed by atoms with Gasteiger partial charge in [0.05, 0.1) is 0 Å². The van der Waals surface area contributed by atoms with Crippen molar-refractivity contribution in [3.63, 3.8) is 0 Å². The minimum absolute atomic E-state index is 0.136. The number of fused-ring (bicyclic) bond motifs is 1. The molecule has 0 aromatic rings. The average molecular weight is 315 g/mol. The second kappa shape index (κ2) is 9.49. The lowest BCUT2D eigenvalue weighted by atomic mass is 9.95. The van der Waals surface area contributed by atoms with E-state index in [0.29, 0.717) is 6.42 Å². The van der Waals surface area contributed by atoms with Gasteiger partial charge < -0.3 is 5.32 Å². The molecule has 0 unspecified atom stereocenters. The van der Waals surface area contributed by atoms with Gasteiger partial charge in [0.2, 0.25) is 5.91 Å². The zero-order chi connectivity index (χ0) is 16.5. The van der Waals surface area contributed by atoms with Gasteiger partial charge in [0, 0.05) is 24.0 Å². The quantitative estimate of drug-likeness (QED) is 0.622. The molecule has 0 aromatic heterocycles. The zero-order valence-corrected chi connectivity index (χ0v) is 14.2. The molecule has 0 bridgehead atoms. The predicted octanol–water partition coefficient (Wildman–Crippen LogP) is 4.25. The number of unbranched alkanes of at least 4 members (excludes halogenated alkanes) is 2. The molecule has 23 heavy (non-hydrogen) atoms. The van der Waals surface area contributed by atoms with Crippen molar-refractivity contribution in [2.24, 2.45) is 5.92 Å². The SMILES string of the molecule is CCCCC[C@H]1C/C=C2/C(=O)C=C[C@@H]2C/C=C\CCCC(=O)N1. The topological polar surface area (TPSA) is 46.2 Å². The fourth-order valence-electron chi connectivity index (χ4n) is 3.24. The van der Waals surface area contributed by atoms with Crippen LogP contribution < -0.4 is 5.32 Å². The van der Waals surface area contributed by atoms with Crippen LogP contribution in [0.15, 0.2) is 36.0 Å². The lowest BCUT2D eigenvalue weighted by Gasteiger charge is -2.18. The van der Waals surface area contributed by atoms with Gasteiger partial charge in [0.1, 0.15) is 0 Å². The molecule has 1 aliphatic heterocycles. The third-order valence-corrected chi connectivity index (χ3v) is 4.64. The van der Waals surface area contributed by atoms with Crippen LogP contribution >= 0.6 is 0 Å². The molecule has 0 aromatic carbocycles. The maximum atomic E-state index is 12.1. The Morgan fingerprint density at radius 3 is 2.87 bits per heavy atom. The predicted molar refractivity (Wildman–Crippen MR) is 94.0 cm³/mol. The van der Waals surface area contributed by atoms with E-state index in [-0.39, 0.29) is 23.7 Å². The van der Waals surface area contributed by atoms with Crippen LogP contribution in [0.3, 0.4) is 0 Å². The van der Waals surface area contributed by atoms with E-state index in [0.717, 1.165) is 44.1 Å². The Labute approximate surface area is 139 Å². The summed E-state index contributed by atoms with van der Waals surface area (Å²) in [5.74, 6) is 0.494. The maximum Gasteiger partial charge on any atom is 0.220 e. The first kappa shape index (κ1) is 17.7. The van der Waals surface area contributed by atoms with Crippen molar-refractivity contribution in [3.05, 3.63) is 36.0 Å². The Balaban J connectivity index is 2.07. The first-order chi connectivity index (χ1) is 11.2. The fourth-order valence-corrected chi connectivity index (χ4v) is 3.24. The van der Waals surface area contributed by atoms with Crippen LogP contribution in [-0.2, 0) is 9.59 Å². The summed E-state index contributed by atoms with van der Waals surface area (Å²) in [4.78, 5) is 24.1. The highest BCUT2D eigenvalue weighted by atomic mass is 16.1. The summed E-state index contributed by atoms with van der Waals surface area (Å²) in [5.41, 5.74) is 0.906. The van der Waals surface area contributed by atoms with E-state index < -0.39 is 0 Å². The lowest BCUT2D eigenvalue weighted by molar-refractivity contribution is -0.121. The number of rotatable bonds is 4. The van der Waals surface area contributed by atoms with E-state index in [1.165, 1.54) is 12.8 Å². The largest absolute Gasteiger partial charge is 0.353 e. The van der Waals surface area contributed by atoms with Crippen LogP contribution in [0.4, 0.5) is 0 Å². The number of carbonyl (C=O) groups is 2. The molecule has 2 atom stereocenters. The maximum absolute atomic E-state index is 12.1. The van der Waals surface area contributed by atoms with Gasteiger partial charge in [0.25, 0.3) is 0 Å². The number of hydrogen-bond donors (Lipinski definition) is 1. The first-order valence-corrected chi connectivity index (χ1v) is 9.07. The van der Waals surface area contributed by atoms with E-state index in [2.05, 4.69) is 30.5 Å². The highest BCUT2D eigenvalue weighted by molar-refractivity contribution is 6.07. The van der Waals surface area contributed by atoms with E-state index in [1.807, 2.05) is 6.08 Å². The van der Waals surface area contributed by atoms with E-state index in [9.17, 15) is 9.59 Å². The molecule has 2 aliphatic rings. The number of amides is 1. The smallest absolute Gasteiger partial charge is 0.220 e. The van der Waals surface area contributed by atoms with Crippen molar-refractivity contribution in [1.82, 2.24) is 5.32 Å². The molecule has 0 saturated carbocycles. The van der Waals surface area contributed by atoms with Gasteiger partial charge in [-0.2, -0.15) is 0 Å². The molecule has 1 aliphatic carbocycles. The molecule has 0 saturated heterocycles. The van der Waals surface area contributed by atoms with Gasteiger partial charge in [-0.15, -0.1) is 0 Å². The third kappa shape index (κ3) is 5.81. The molecule has 126 valence electrons. The minimum atomic E-state index is 0.136. The second-order valence-corrected chi connectivity index (χ2v) is 6.58. The Morgan fingerprint density at radius 2 is 2.04 bits per heavy atom. The summed E-state index contributed by atoms with van der Waals surface area (Å²) in [6.07, 6.45) is 18.6. The molecular formula is C20H29NO2. The molecule has 3 nitrogen and oxygen atoms in total. The summed E-state index contributed by atoms with van der Waals surface area (Å²) in [6.45, 7) is 2.19. The van der Waals surface area contributed by atoms with Gasteiger partial charge >= 0.3 is 0 Å². The summed E-state index contributed by atoms with van der Waals surface area (Å²) in [5, 5.41) is 3.17. The molecule has 0 radical (unpaired) electrons. The standard InChI is InChI=1S/C20H29NO2/c1-2-3-6-10-17-13-14-18-16(12-15-19(18)22)9-7-4-5-8-11-20(23)21-17/h4,7,12,14-17H,2-3,5-6,8-11,13H2,1H3,(H,21,23)/b7-4-,18-14+/t16-,17-/m0/s1. The van der Waals surface area contributed by atoms with E-state index in [1.54, 1.807) is 6.08 Å². The van der Waals surface area contributed by atoms with Gasteiger partial charge in [-0.3, -0.25) is 9.59 Å². The second-order valence-electron chi connectivity index (χ2n) is 6.58. The van der Waals surface area contributed by atoms with Crippen molar-refractivity contribution in [2.75, 3.05) is 0 Å². The van der Waals surface area contributed by atoms with Crippen LogP contribution in [0.5, 0.6) is 0 Å². The summed E-state index contributed by atoms with van der Waals surface area (Å²) >= 11 is 0. The number of carbonyl (C=O) groups excluding carboxylic acids is 2. The van der Waals surface area contributed by atoms with Gasteiger partial charge in [0.15, 0.2) is 5.78 Å². The van der Waals surface area contributed by atoms with Crippen LogP contribution in [0.25, 0.3) is 0 Å². The molecule has 0 spiro atoms. The normalized spacial score (nSPS) is 29.5. The molecule has 1 heterocycles.